The molecule has 5 N–H and O–H groups in total. The SMILES string of the molecule is NOP(=O)(O)OCCOP(=O)(O)O. The molecule has 0 aromatic rings. The monoisotopic (exact) mass is 237 g/mol. The van der Waals surface area contributed by atoms with Crippen molar-refractivity contribution >= 4 is 15.6 Å². The summed E-state index contributed by atoms with van der Waals surface area (Å²) in [7, 11) is -8.89. The summed E-state index contributed by atoms with van der Waals surface area (Å²) in [6.45, 7) is -1.09. The van der Waals surface area contributed by atoms with Gasteiger partial charge < -0.3 is 14.7 Å². The molecule has 0 bridgehead atoms. The van der Waals surface area contributed by atoms with Gasteiger partial charge in [-0.2, -0.15) is 0 Å². The van der Waals surface area contributed by atoms with Gasteiger partial charge in [0.1, 0.15) is 0 Å². The lowest BCUT2D eigenvalue weighted by molar-refractivity contribution is 0.115. The Bertz CT molecular complexity index is 234. The van der Waals surface area contributed by atoms with Crippen molar-refractivity contribution < 1.29 is 37.5 Å². The van der Waals surface area contributed by atoms with E-state index in [1.807, 2.05) is 0 Å². The van der Waals surface area contributed by atoms with Crippen molar-refractivity contribution in [3.63, 3.8) is 0 Å². The topological polar surface area (TPSA) is 149 Å². The van der Waals surface area contributed by atoms with Crippen LogP contribution in [0.4, 0.5) is 0 Å². The van der Waals surface area contributed by atoms with Crippen LogP contribution in [0.5, 0.6) is 0 Å². The average Bonchev–Trinajstić information content (AvgIpc) is 1.97. The maximum Gasteiger partial charge on any atom is 0.488 e. The van der Waals surface area contributed by atoms with Crippen molar-refractivity contribution in [1.29, 1.82) is 0 Å². The molecule has 0 aliphatic rings. The Labute approximate surface area is 73.2 Å². The number of nitrogens with two attached hydrogens (primary N) is 1. The largest absolute Gasteiger partial charge is 0.488 e. The predicted octanol–water partition coefficient (Wildman–Crippen LogP) is -0.897. The van der Waals surface area contributed by atoms with Crippen LogP contribution in [0.3, 0.4) is 0 Å². The van der Waals surface area contributed by atoms with E-state index >= 15 is 0 Å². The van der Waals surface area contributed by atoms with Gasteiger partial charge in [0.15, 0.2) is 0 Å². The Morgan fingerprint density at radius 1 is 1.08 bits per heavy atom. The van der Waals surface area contributed by atoms with E-state index in [1.165, 1.54) is 0 Å². The molecule has 0 spiro atoms. The van der Waals surface area contributed by atoms with E-state index < -0.39 is 28.9 Å². The normalized spacial score (nSPS) is 16.9. The molecule has 0 fully saturated rings. The molecule has 0 saturated heterocycles. The summed E-state index contributed by atoms with van der Waals surface area (Å²) in [4.78, 5) is 24.8. The first-order chi connectivity index (χ1) is 5.77. The second-order valence-electron chi connectivity index (χ2n) is 1.73. The Kier molecular flexibility index (Phi) is 5.23. The lowest BCUT2D eigenvalue weighted by atomic mass is 10.8. The molecule has 0 aromatic heterocycles. The summed E-state index contributed by atoms with van der Waals surface area (Å²) in [5, 5.41) is 0. The zero-order valence-corrected chi connectivity index (χ0v) is 8.06. The van der Waals surface area contributed by atoms with E-state index in [9.17, 15) is 9.13 Å². The van der Waals surface area contributed by atoms with Crippen molar-refractivity contribution in [2.75, 3.05) is 13.2 Å². The second-order valence-corrected chi connectivity index (χ2v) is 4.38. The van der Waals surface area contributed by atoms with Crippen LogP contribution in [0.1, 0.15) is 0 Å². The smallest absolute Gasteiger partial charge is 0.303 e. The predicted molar refractivity (Wildman–Crippen MR) is 39.0 cm³/mol. The van der Waals surface area contributed by atoms with E-state index in [2.05, 4.69) is 19.6 Å². The van der Waals surface area contributed by atoms with Gasteiger partial charge in [0.2, 0.25) is 0 Å². The molecule has 9 nitrogen and oxygen atoms in total. The summed E-state index contributed by atoms with van der Waals surface area (Å²) in [6, 6.07) is 0. The quantitative estimate of drug-likeness (QED) is 0.262. The summed E-state index contributed by atoms with van der Waals surface area (Å²) >= 11 is 0. The number of phosphoric ester groups is 2. The van der Waals surface area contributed by atoms with Crippen LogP contribution in [0.25, 0.3) is 0 Å². The molecule has 0 aliphatic carbocycles. The van der Waals surface area contributed by atoms with Crippen molar-refractivity contribution in [3.8, 4) is 0 Å². The minimum atomic E-state index is -4.58. The molecule has 80 valence electrons. The van der Waals surface area contributed by atoms with E-state index in [0.29, 0.717) is 0 Å². The van der Waals surface area contributed by atoms with Gasteiger partial charge in [-0.15, -0.1) is 0 Å². The van der Waals surface area contributed by atoms with Crippen molar-refractivity contribution in [3.05, 3.63) is 0 Å². The lowest BCUT2D eigenvalue weighted by Crippen LogP contribution is -2.05. The van der Waals surface area contributed by atoms with Gasteiger partial charge in [0.05, 0.1) is 13.2 Å². The van der Waals surface area contributed by atoms with Gasteiger partial charge in [-0.25, -0.2) is 19.7 Å². The molecule has 0 amide bonds. The zero-order chi connectivity index (χ0) is 10.5. The summed E-state index contributed by atoms with van der Waals surface area (Å²) < 4.78 is 32.0. The first-order valence-electron chi connectivity index (χ1n) is 2.83. The lowest BCUT2D eigenvalue weighted by Gasteiger charge is -2.08. The molecule has 1 unspecified atom stereocenters. The van der Waals surface area contributed by atoms with E-state index in [1.54, 1.807) is 0 Å². The maximum atomic E-state index is 10.4. The molecule has 0 aliphatic heterocycles. The van der Waals surface area contributed by atoms with E-state index in [-0.39, 0.29) is 0 Å². The minimum absolute atomic E-state index is 0.532. The number of rotatable bonds is 6. The first kappa shape index (κ1) is 13.2. The van der Waals surface area contributed by atoms with Gasteiger partial charge in [-0.3, -0.25) is 9.05 Å². The molecule has 0 rings (SSSR count). The fourth-order valence-electron chi connectivity index (χ4n) is 0.339. The van der Waals surface area contributed by atoms with Crippen LogP contribution in [-0.4, -0.2) is 27.9 Å². The van der Waals surface area contributed by atoms with Crippen LogP contribution in [-0.2, 0) is 22.8 Å². The van der Waals surface area contributed by atoms with Gasteiger partial charge in [0.25, 0.3) is 0 Å². The fourth-order valence-corrected chi connectivity index (χ4v) is 1.02. The fraction of sp³-hybridized carbons (Fsp3) is 1.00. The highest BCUT2D eigenvalue weighted by Gasteiger charge is 2.20. The third-order valence-electron chi connectivity index (χ3n) is 0.730. The molecule has 0 saturated carbocycles. The third kappa shape index (κ3) is 8.51. The Balaban J connectivity index is 3.59. The molecular weight excluding hydrogens is 228 g/mol. The van der Waals surface area contributed by atoms with Crippen LogP contribution in [0, 0.1) is 0 Å². The van der Waals surface area contributed by atoms with Crippen molar-refractivity contribution in [1.82, 2.24) is 0 Å². The average molecular weight is 237 g/mol. The number of phosphoric acid groups is 2. The second kappa shape index (κ2) is 5.16. The van der Waals surface area contributed by atoms with Gasteiger partial charge >= 0.3 is 15.6 Å². The number of hydrogen-bond donors (Lipinski definition) is 4. The van der Waals surface area contributed by atoms with Crippen LogP contribution >= 0.6 is 15.6 Å². The third-order valence-corrected chi connectivity index (χ3v) is 2.02. The van der Waals surface area contributed by atoms with Crippen molar-refractivity contribution in [2.45, 2.75) is 0 Å². The highest BCUT2D eigenvalue weighted by Crippen LogP contribution is 2.41. The molecule has 0 aromatic carbocycles. The van der Waals surface area contributed by atoms with Gasteiger partial charge in [-0.1, -0.05) is 0 Å². The standard InChI is InChI=1S/C2H9NO8P2/c3-11-13(7,8)10-2-1-9-12(4,5)6/h1-3H2,(H,7,8)(H2,4,5,6). The highest BCUT2D eigenvalue weighted by molar-refractivity contribution is 7.47. The Morgan fingerprint density at radius 2 is 1.54 bits per heavy atom. The summed E-state index contributed by atoms with van der Waals surface area (Å²) in [5.74, 6) is 4.34. The minimum Gasteiger partial charge on any atom is -0.303 e. The van der Waals surface area contributed by atoms with E-state index in [0.717, 1.165) is 0 Å². The zero-order valence-electron chi connectivity index (χ0n) is 6.27. The van der Waals surface area contributed by atoms with Gasteiger partial charge in [0, 0.05) is 0 Å². The first-order valence-corrected chi connectivity index (χ1v) is 5.85. The molecule has 0 radical (unpaired) electrons. The van der Waals surface area contributed by atoms with Crippen molar-refractivity contribution in [2.24, 2.45) is 5.90 Å². The van der Waals surface area contributed by atoms with Crippen LogP contribution < -0.4 is 5.90 Å². The molecule has 13 heavy (non-hydrogen) atoms. The summed E-state index contributed by atoms with van der Waals surface area (Å²) in [5.41, 5.74) is 0. The Morgan fingerprint density at radius 3 is 1.92 bits per heavy atom. The molecule has 1 atom stereocenters. The van der Waals surface area contributed by atoms with E-state index in [4.69, 9.17) is 14.7 Å². The molecule has 11 heteroatoms. The van der Waals surface area contributed by atoms with Crippen LogP contribution in [0.2, 0.25) is 0 Å². The molecule has 0 heterocycles. The van der Waals surface area contributed by atoms with Gasteiger partial charge in [-0.05, 0) is 0 Å². The number of hydrogen-bond acceptors (Lipinski definition) is 6. The van der Waals surface area contributed by atoms with Crippen LogP contribution in [0.15, 0.2) is 0 Å². The maximum absolute atomic E-state index is 10.4. The Hall–Kier alpha value is 0.180. The summed E-state index contributed by atoms with van der Waals surface area (Å²) in [6.07, 6.45) is 0. The molecular formula is C2H9NO8P2. The highest BCUT2D eigenvalue weighted by atomic mass is 31.2.